The summed E-state index contributed by atoms with van der Waals surface area (Å²) in [5, 5.41) is 2.99. The maximum atomic E-state index is 13.8. The van der Waals surface area contributed by atoms with Crippen LogP contribution in [0.2, 0.25) is 0 Å². The first-order valence-corrected chi connectivity index (χ1v) is 9.44. The Bertz CT molecular complexity index is 975. The summed E-state index contributed by atoms with van der Waals surface area (Å²) < 4.78 is 36.8. The van der Waals surface area contributed by atoms with Crippen molar-refractivity contribution in [3.05, 3.63) is 72.2 Å². The van der Waals surface area contributed by atoms with E-state index in [0.29, 0.717) is 17.8 Å². The predicted molar refractivity (Wildman–Crippen MR) is 94.3 cm³/mol. The Morgan fingerprint density at radius 1 is 1.00 bits per heavy atom. The van der Waals surface area contributed by atoms with Crippen molar-refractivity contribution in [3.63, 3.8) is 0 Å². The molecular weight excluding hydrogens is 340 g/mol. The molecule has 2 aromatic carbocycles. The number of nitrogens with one attached hydrogen (secondary N) is 1. The van der Waals surface area contributed by atoms with Crippen LogP contribution in [0.3, 0.4) is 0 Å². The number of aromatic nitrogens is 2. The van der Waals surface area contributed by atoms with Crippen molar-refractivity contribution < 1.29 is 12.8 Å². The van der Waals surface area contributed by atoms with Crippen LogP contribution in [-0.2, 0) is 16.4 Å². The Morgan fingerprint density at radius 2 is 1.68 bits per heavy atom. The molecule has 0 aliphatic carbocycles. The van der Waals surface area contributed by atoms with Gasteiger partial charge in [0, 0.05) is 24.4 Å². The van der Waals surface area contributed by atoms with Gasteiger partial charge in [-0.05, 0) is 17.7 Å². The first-order chi connectivity index (χ1) is 11.9. The van der Waals surface area contributed by atoms with E-state index in [2.05, 4.69) is 15.3 Å². The van der Waals surface area contributed by atoms with Crippen molar-refractivity contribution in [2.75, 3.05) is 11.6 Å². The van der Waals surface area contributed by atoms with Crippen molar-refractivity contribution in [2.45, 2.75) is 11.4 Å². The first kappa shape index (κ1) is 17.0. The van der Waals surface area contributed by atoms with Gasteiger partial charge >= 0.3 is 0 Å². The minimum atomic E-state index is -3.28. The van der Waals surface area contributed by atoms with E-state index < -0.39 is 15.8 Å². The molecule has 0 saturated heterocycles. The lowest BCUT2D eigenvalue weighted by atomic mass is 10.1. The van der Waals surface area contributed by atoms with Crippen molar-refractivity contribution in [1.29, 1.82) is 0 Å². The molecular formula is C18H16FN3O2S. The predicted octanol–water partition coefficient (Wildman–Crippen LogP) is 3.30. The third-order valence-electron chi connectivity index (χ3n) is 3.57. The van der Waals surface area contributed by atoms with E-state index in [9.17, 15) is 12.8 Å². The van der Waals surface area contributed by atoms with Gasteiger partial charge in [0.05, 0.1) is 10.6 Å². The fourth-order valence-electron chi connectivity index (χ4n) is 2.29. The molecule has 0 spiro atoms. The van der Waals surface area contributed by atoms with E-state index in [4.69, 9.17) is 0 Å². The van der Waals surface area contributed by atoms with Gasteiger partial charge in [0.2, 0.25) is 11.9 Å². The lowest BCUT2D eigenvalue weighted by Crippen LogP contribution is -2.05. The second kappa shape index (κ2) is 6.98. The second-order valence-corrected chi connectivity index (χ2v) is 7.55. The van der Waals surface area contributed by atoms with Crippen molar-refractivity contribution >= 4 is 15.8 Å². The van der Waals surface area contributed by atoms with Crippen molar-refractivity contribution in [3.8, 4) is 11.3 Å². The molecule has 128 valence electrons. The largest absolute Gasteiger partial charge is 0.350 e. The number of rotatable bonds is 5. The average Bonchev–Trinajstić information content (AvgIpc) is 2.60. The van der Waals surface area contributed by atoms with Gasteiger partial charge in [0.25, 0.3) is 0 Å². The molecule has 5 nitrogen and oxygen atoms in total. The van der Waals surface area contributed by atoms with Gasteiger partial charge in [-0.1, -0.05) is 42.5 Å². The zero-order valence-electron chi connectivity index (χ0n) is 13.5. The molecule has 3 aromatic rings. The summed E-state index contributed by atoms with van der Waals surface area (Å²) in [4.78, 5) is 8.25. The second-order valence-electron chi connectivity index (χ2n) is 5.54. The molecule has 0 aliphatic rings. The lowest BCUT2D eigenvalue weighted by Gasteiger charge is -2.08. The molecule has 3 rings (SSSR count). The molecule has 0 fully saturated rings. The van der Waals surface area contributed by atoms with Gasteiger partial charge in [-0.25, -0.2) is 13.4 Å². The van der Waals surface area contributed by atoms with Crippen LogP contribution in [0.1, 0.15) is 5.56 Å². The van der Waals surface area contributed by atoms with Gasteiger partial charge < -0.3 is 5.32 Å². The SMILES string of the molecule is CS(=O)(=O)c1ccc(-c2cc([18F])nc(NCc3ccccc3)n2)cc1. The number of sulfone groups is 1. The quantitative estimate of drug-likeness (QED) is 0.710. The number of halogens is 1. The number of benzene rings is 2. The van der Waals surface area contributed by atoms with E-state index in [1.165, 1.54) is 18.2 Å². The van der Waals surface area contributed by atoms with E-state index in [0.717, 1.165) is 11.8 Å². The fourth-order valence-corrected chi connectivity index (χ4v) is 2.92. The first-order valence-electron chi connectivity index (χ1n) is 7.55. The monoisotopic (exact) mass is 356 g/mol. The highest BCUT2D eigenvalue weighted by Gasteiger charge is 2.10. The van der Waals surface area contributed by atoms with E-state index in [1.807, 2.05) is 30.3 Å². The van der Waals surface area contributed by atoms with Gasteiger partial charge in [-0.3, -0.25) is 0 Å². The Morgan fingerprint density at radius 3 is 2.32 bits per heavy atom. The van der Waals surface area contributed by atoms with Gasteiger partial charge in [0.1, 0.15) is 0 Å². The highest BCUT2D eigenvalue weighted by molar-refractivity contribution is 7.90. The molecule has 0 saturated carbocycles. The van der Waals surface area contributed by atoms with Crippen LogP contribution in [-0.4, -0.2) is 24.6 Å². The zero-order chi connectivity index (χ0) is 17.9. The summed E-state index contributed by atoms with van der Waals surface area (Å²) in [6, 6.07) is 17.0. The molecule has 1 N–H and O–H groups in total. The smallest absolute Gasteiger partial charge is 0.226 e. The highest BCUT2D eigenvalue weighted by atomic mass is 32.2. The topological polar surface area (TPSA) is 72.0 Å². The Hall–Kier alpha value is -2.80. The molecule has 1 heterocycles. The van der Waals surface area contributed by atoms with Gasteiger partial charge in [-0.15, -0.1) is 0 Å². The van der Waals surface area contributed by atoms with Crippen LogP contribution in [0, 0.1) is 5.95 Å². The normalized spacial score (nSPS) is 11.3. The molecule has 0 amide bonds. The summed E-state index contributed by atoms with van der Waals surface area (Å²) in [5.41, 5.74) is 2.01. The standard InChI is InChI=1S/C18H16FN3O2S/c1-25(23,24)15-9-7-14(8-10-15)16-11-17(19)22-18(21-16)20-12-13-5-3-2-4-6-13/h2-11H,12H2,1H3,(H,20,21,22)/i19-1. The van der Waals surface area contributed by atoms with Crippen molar-refractivity contribution in [1.82, 2.24) is 9.97 Å². The minimum Gasteiger partial charge on any atom is -0.350 e. The third kappa shape index (κ3) is 4.39. The number of anilines is 1. The number of nitrogens with zero attached hydrogens (tertiary/aromatic N) is 2. The Balaban J connectivity index is 1.84. The summed E-state index contributed by atoms with van der Waals surface area (Å²) in [5.74, 6) is -0.487. The van der Waals surface area contributed by atoms with Crippen LogP contribution in [0.4, 0.5) is 10.3 Å². The Labute approximate surface area is 145 Å². The molecule has 0 radical (unpaired) electrons. The van der Waals surface area contributed by atoms with Crippen LogP contribution in [0.25, 0.3) is 11.3 Å². The zero-order valence-corrected chi connectivity index (χ0v) is 14.3. The maximum absolute atomic E-state index is 13.8. The summed E-state index contributed by atoms with van der Waals surface area (Å²) in [6.45, 7) is 0.469. The molecule has 0 aliphatic heterocycles. The molecule has 7 heteroatoms. The van der Waals surface area contributed by atoms with E-state index in [1.54, 1.807) is 12.1 Å². The fraction of sp³-hybridized carbons (Fsp3) is 0.111. The van der Waals surface area contributed by atoms with E-state index >= 15 is 0 Å². The van der Waals surface area contributed by atoms with Crippen LogP contribution in [0.5, 0.6) is 0 Å². The number of hydrogen-bond donors (Lipinski definition) is 1. The third-order valence-corrected chi connectivity index (χ3v) is 4.70. The van der Waals surface area contributed by atoms with Crippen molar-refractivity contribution in [2.24, 2.45) is 0 Å². The highest BCUT2D eigenvalue weighted by Crippen LogP contribution is 2.21. The molecule has 0 unspecified atom stereocenters. The lowest BCUT2D eigenvalue weighted by molar-refractivity contribution is 0.582. The van der Waals surface area contributed by atoms with Gasteiger partial charge in [0.15, 0.2) is 9.84 Å². The summed E-state index contributed by atoms with van der Waals surface area (Å²) in [7, 11) is -3.28. The maximum Gasteiger partial charge on any atom is 0.226 e. The minimum absolute atomic E-state index is 0.172. The Kier molecular flexibility index (Phi) is 4.76. The van der Waals surface area contributed by atoms with Crippen LogP contribution in [0.15, 0.2) is 65.6 Å². The average molecular weight is 356 g/mol. The summed E-state index contributed by atoms with van der Waals surface area (Å²) >= 11 is 0. The van der Waals surface area contributed by atoms with Crippen LogP contribution >= 0.6 is 0 Å². The van der Waals surface area contributed by atoms with Crippen LogP contribution < -0.4 is 5.32 Å². The summed E-state index contributed by atoms with van der Waals surface area (Å²) in [6.07, 6.45) is 1.14. The van der Waals surface area contributed by atoms with Gasteiger partial charge in [-0.2, -0.15) is 9.37 Å². The molecule has 0 bridgehead atoms. The molecule has 1 aromatic heterocycles. The van der Waals surface area contributed by atoms with E-state index in [-0.39, 0.29) is 10.8 Å². The molecule has 25 heavy (non-hydrogen) atoms. The number of hydrogen-bond acceptors (Lipinski definition) is 5. The molecule has 0 atom stereocenters.